The number of benzene rings is 1. The fourth-order valence-electron chi connectivity index (χ4n) is 4.87. The number of aryl methyl sites for hydroxylation is 3. The van der Waals surface area contributed by atoms with E-state index in [4.69, 9.17) is 4.98 Å². The molecule has 1 aliphatic carbocycles. The summed E-state index contributed by atoms with van der Waals surface area (Å²) in [4.78, 5) is 31.6. The molecule has 2 atom stereocenters. The number of carbonyl (C=O) groups is 1. The van der Waals surface area contributed by atoms with Crippen LogP contribution in [-0.4, -0.2) is 15.6 Å². The van der Waals surface area contributed by atoms with E-state index < -0.39 is 0 Å². The quantitative estimate of drug-likeness (QED) is 0.598. The van der Waals surface area contributed by atoms with Crippen LogP contribution in [0.4, 0.5) is 9.80 Å². The van der Waals surface area contributed by atoms with E-state index >= 15 is 0 Å². The number of urea groups is 1. The molecule has 2 aliphatic rings. The molecule has 2 aromatic heterocycles. The summed E-state index contributed by atoms with van der Waals surface area (Å²) in [5.74, 6) is 1.48. The van der Waals surface area contributed by atoms with Crippen LogP contribution >= 0.6 is 11.3 Å². The van der Waals surface area contributed by atoms with Crippen LogP contribution in [0.3, 0.4) is 0 Å². The van der Waals surface area contributed by atoms with Crippen LogP contribution in [0.15, 0.2) is 29.1 Å². The second kappa shape index (κ2) is 8.11. The SMILES string of the molecule is Cc1c(NC(=O)N[C@H]2CCCc3ccccc32)sc2nc3n(c(=O)c12)CC[C@@H](C)CC3. The van der Waals surface area contributed by atoms with E-state index in [9.17, 15) is 9.59 Å². The summed E-state index contributed by atoms with van der Waals surface area (Å²) in [7, 11) is 0. The second-order valence-electron chi connectivity index (χ2n) is 8.90. The normalized spacial score (nSPS) is 20.6. The molecule has 2 amide bonds. The number of carbonyl (C=O) groups excluding carboxylic acids is 1. The van der Waals surface area contributed by atoms with Gasteiger partial charge in [-0.2, -0.15) is 0 Å². The Bertz CT molecular complexity index is 1210. The summed E-state index contributed by atoms with van der Waals surface area (Å²) in [6.45, 7) is 4.85. The topological polar surface area (TPSA) is 76.0 Å². The Morgan fingerprint density at radius 1 is 1.19 bits per heavy atom. The number of hydrogen-bond acceptors (Lipinski definition) is 4. The maximum absolute atomic E-state index is 13.2. The monoisotopic (exact) mass is 436 g/mol. The van der Waals surface area contributed by atoms with Crippen LogP contribution < -0.4 is 16.2 Å². The van der Waals surface area contributed by atoms with Gasteiger partial charge in [0.25, 0.3) is 5.56 Å². The zero-order chi connectivity index (χ0) is 21.5. The number of fused-ring (bicyclic) bond motifs is 3. The second-order valence-corrected chi connectivity index (χ2v) is 9.89. The molecule has 7 heteroatoms. The minimum Gasteiger partial charge on any atom is -0.331 e. The highest BCUT2D eigenvalue weighted by atomic mass is 32.1. The predicted octanol–water partition coefficient (Wildman–Crippen LogP) is 4.94. The van der Waals surface area contributed by atoms with Gasteiger partial charge in [0.05, 0.1) is 11.4 Å². The molecule has 1 aliphatic heterocycles. The van der Waals surface area contributed by atoms with E-state index in [1.54, 1.807) is 0 Å². The molecule has 31 heavy (non-hydrogen) atoms. The summed E-state index contributed by atoms with van der Waals surface area (Å²) in [5.41, 5.74) is 3.35. The predicted molar refractivity (Wildman–Crippen MR) is 125 cm³/mol. The highest BCUT2D eigenvalue weighted by molar-refractivity contribution is 7.22. The Balaban J connectivity index is 1.40. The number of nitrogens with zero attached hydrogens (tertiary/aromatic N) is 2. The number of anilines is 1. The van der Waals surface area contributed by atoms with Gasteiger partial charge < -0.3 is 5.32 Å². The average molecular weight is 437 g/mol. The standard InChI is InChI=1S/C24H28N4O2S/c1-14-10-11-19-26-22-20(23(29)28(19)13-12-14)15(2)21(31-22)27-24(30)25-18-9-5-7-16-6-3-4-8-17(16)18/h3-4,6,8,14,18H,5,7,9-13H2,1-2H3,(H2,25,27,30)/t14-,18-/m0/s1. The van der Waals surface area contributed by atoms with E-state index in [0.29, 0.717) is 16.3 Å². The van der Waals surface area contributed by atoms with Crippen molar-refractivity contribution in [3.05, 3.63) is 57.1 Å². The Hall–Kier alpha value is -2.67. The van der Waals surface area contributed by atoms with Crippen LogP contribution in [0, 0.1) is 12.8 Å². The van der Waals surface area contributed by atoms with E-state index in [-0.39, 0.29) is 17.6 Å². The first kappa shape index (κ1) is 20.2. The van der Waals surface area contributed by atoms with E-state index in [1.165, 1.54) is 22.5 Å². The van der Waals surface area contributed by atoms with Crippen LogP contribution in [0.1, 0.15) is 61.2 Å². The van der Waals surface area contributed by atoms with Gasteiger partial charge in [0, 0.05) is 13.0 Å². The van der Waals surface area contributed by atoms with Gasteiger partial charge in [-0.05, 0) is 61.6 Å². The Kier molecular flexibility index (Phi) is 5.30. The molecule has 2 N–H and O–H groups in total. The zero-order valence-electron chi connectivity index (χ0n) is 18.0. The van der Waals surface area contributed by atoms with Gasteiger partial charge in [-0.1, -0.05) is 42.5 Å². The fourth-order valence-corrected chi connectivity index (χ4v) is 5.96. The molecule has 3 heterocycles. The van der Waals surface area contributed by atoms with Crippen molar-refractivity contribution in [2.45, 2.75) is 65.0 Å². The highest BCUT2D eigenvalue weighted by Crippen LogP contribution is 2.34. The van der Waals surface area contributed by atoms with E-state index in [2.05, 4.69) is 35.8 Å². The van der Waals surface area contributed by atoms with Gasteiger partial charge in [-0.25, -0.2) is 9.78 Å². The molecule has 3 aromatic rings. The fraction of sp³-hybridized carbons (Fsp3) is 0.458. The van der Waals surface area contributed by atoms with Crippen molar-refractivity contribution in [2.75, 3.05) is 5.32 Å². The molecule has 0 saturated carbocycles. The molecule has 162 valence electrons. The lowest BCUT2D eigenvalue weighted by molar-refractivity contribution is 0.247. The number of nitrogens with one attached hydrogen (secondary N) is 2. The van der Waals surface area contributed by atoms with Crippen LogP contribution in [0.25, 0.3) is 10.2 Å². The van der Waals surface area contributed by atoms with Crippen molar-refractivity contribution in [2.24, 2.45) is 5.92 Å². The molecule has 0 unspecified atom stereocenters. The molecular formula is C24H28N4O2S. The number of thiophene rings is 1. The molecule has 5 rings (SSSR count). The number of amides is 2. The molecule has 6 nitrogen and oxygen atoms in total. The lowest BCUT2D eigenvalue weighted by Gasteiger charge is -2.26. The van der Waals surface area contributed by atoms with Gasteiger partial charge in [-0.3, -0.25) is 14.7 Å². The Morgan fingerprint density at radius 3 is 2.90 bits per heavy atom. The maximum atomic E-state index is 13.2. The maximum Gasteiger partial charge on any atom is 0.320 e. The van der Waals surface area contributed by atoms with Crippen molar-refractivity contribution in [3.63, 3.8) is 0 Å². The lowest BCUT2D eigenvalue weighted by atomic mass is 9.88. The molecule has 0 spiro atoms. The van der Waals surface area contributed by atoms with E-state index in [1.807, 2.05) is 17.6 Å². The van der Waals surface area contributed by atoms with Crippen molar-refractivity contribution in [1.29, 1.82) is 0 Å². The van der Waals surface area contributed by atoms with Crippen LogP contribution in [0.2, 0.25) is 0 Å². The van der Waals surface area contributed by atoms with Crippen molar-refractivity contribution in [3.8, 4) is 0 Å². The van der Waals surface area contributed by atoms with Gasteiger partial charge in [0.2, 0.25) is 0 Å². The largest absolute Gasteiger partial charge is 0.331 e. The number of aromatic nitrogens is 2. The smallest absolute Gasteiger partial charge is 0.320 e. The van der Waals surface area contributed by atoms with Gasteiger partial charge >= 0.3 is 6.03 Å². The minimum absolute atomic E-state index is 0.0152. The zero-order valence-corrected chi connectivity index (χ0v) is 18.8. The summed E-state index contributed by atoms with van der Waals surface area (Å²) in [5, 5.41) is 7.47. The van der Waals surface area contributed by atoms with Crippen LogP contribution in [-0.2, 0) is 19.4 Å². The average Bonchev–Trinajstić information content (AvgIpc) is 2.93. The van der Waals surface area contributed by atoms with Crippen LogP contribution in [0.5, 0.6) is 0 Å². The Morgan fingerprint density at radius 2 is 2.03 bits per heavy atom. The summed E-state index contributed by atoms with van der Waals surface area (Å²) in [6, 6.07) is 8.10. The third-order valence-corrected chi connectivity index (χ3v) is 7.84. The highest BCUT2D eigenvalue weighted by Gasteiger charge is 2.24. The molecule has 0 fully saturated rings. The lowest BCUT2D eigenvalue weighted by Crippen LogP contribution is -2.34. The first-order valence-electron chi connectivity index (χ1n) is 11.2. The van der Waals surface area contributed by atoms with Gasteiger partial charge in [0.1, 0.15) is 15.7 Å². The summed E-state index contributed by atoms with van der Waals surface area (Å²) < 4.78 is 1.84. The number of hydrogen-bond donors (Lipinski definition) is 2. The van der Waals surface area contributed by atoms with Gasteiger partial charge in [0.15, 0.2) is 0 Å². The minimum atomic E-state index is -0.230. The molecule has 1 aromatic carbocycles. The van der Waals surface area contributed by atoms with Crippen molar-refractivity contribution >= 4 is 32.6 Å². The van der Waals surface area contributed by atoms with Gasteiger partial charge in [-0.15, -0.1) is 0 Å². The first-order chi connectivity index (χ1) is 15.0. The third-order valence-electron chi connectivity index (χ3n) is 6.74. The van der Waals surface area contributed by atoms with E-state index in [0.717, 1.165) is 61.3 Å². The molecule has 0 radical (unpaired) electrons. The molecule has 0 saturated heterocycles. The summed E-state index contributed by atoms with van der Waals surface area (Å²) >= 11 is 1.40. The van der Waals surface area contributed by atoms with Crippen molar-refractivity contribution in [1.82, 2.24) is 14.9 Å². The van der Waals surface area contributed by atoms with Crippen molar-refractivity contribution < 1.29 is 4.79 Å². The molecular weight excluding hydrogens is 408 g/mol. The first-order valence-corrected chi connectivity index (χ1v) is 12.0. The summed E-state index contributed by atoms with van der Waals surface area (Å²) in [6.07, 6.45) is 5.94. The molecule has 0 bridgehead atoms. The Labute approximate surface area is 185 Å². The number of rotatable bonds is 2. The third kappa shape index (κ3) is 3.76.